The van der Waals surface area contributed by atoms with E-state index in [1.807, 2.05) is 24.3 Å². The zero-order valence-corrected chi connectivity index (χ0v) is 10.6. The second kappa shape index (κ2) is 6.26. The molecule has 0 aliphatic carbocycles. The second-order valence-corrected chi connectivity index (χ2v) is 4.70. The third kappa shape index (κ3) is 3.59. The van der Waals surface area contributed by atoms with Crippen LogP contribution in [-0.2, 0) is 0 Å². The molecule has 0 aromatic heterocycles. The van der Waals surface area contributed by atoms with Gasteiger partial charge in [-0.25, -0.2) is 0 Å². The molecule has 0 aliphatic rings. The Hall–Kier alpha value is -0.380. The van der Waals surface area contributed by atoms with Crippen molar-refractivity contribution in [2.24, 2.45) is 11.7 Å². The predicted octanol–water partition coefficient (Wildman–Crippen LogP) is 2.86. The maximum atomic E-state index is 10.1. The number of halogens is 1. The van der Waals surface area contributed by atoms with E-state index in [0.29, 0.717) is 6.54 Å². The van der Waals surface area contributed by atoms with Gasteiger partial charge in [0.15, 0.2) is 0 Å². The highest BCUT2D eigenvalue weighted by Crippen LogP contribution is 2.26. The first-order chi connectivity index (χ1) is 7.19. The first-order valence-electron chi connectivity index (χ1n) is 5.32. The highest BCUT2D eigenvalue weighted by molar-refractivity contribution is 9.10. The van der Waals surface area contributed by atoms with E-state index in [1.54, 1.807) is 0 Å². The highest BCUT2D eigenvalue weighted by atomic mass is 79.9. The maximum Gasteiger partial charge on any atom is 0.0830 e. The minimum atomic E-state index is -0.451. The molecule has 0 fully saturated rings. The van der Waals surface area contributed by atoms with Crippen LogP contribution in [0.3, 0.4) is 0 Å². The van der Waals surface area contributed by atoms with Crippen LogP contribution in [0.4, 0.5) is 0 Å². The highest BCUT2D eigenvalue weighted by Gasteiger charge is 2.18. The number of aliphatic hydroxyl groups is 1. The number of nitrogens with two attached hydrogens (primary N) is 1. The van der Waals surface area contributed by atoms with E-state index < -0.39 is 6.10 Å². The number of hydrogen-bond acceptors (Lipinski definition) is 2. The molecule has 3 N–H and O–H groups in total. The molecule has 84 valence electrons. The standard InChI is InChI=1S/C12H18BrNO/c1-2-4-10(8-14)12(15)9-5-3-6-11(13)7-9/h3,5-7,10,12,15H,2,4,8,14H2,1H3. The van der Waals surface area contributed by atoms with E-state index in [2.05, 4.69) is 22.9 Å². The third-order valence-electron chi connectivity index (χ3n) is 2.60. The van der Waals surface area contributed by atoms with Crippen LogP contribution in [0.15, 0.2) is 28.7 Å². The van der Waals surface area contributed by atoms with Gasteiger partial charge in [0.1, 0.15) is 0 Å². The van der Waals surface area contributed by atoms with Crippen LogP contribution in [0, 0.1) is 5.92 Å². The normalized spacial score (nSPS) is 14.9. The monoisotopic (exact) mass is 271 g/mol. The Morgan fingerprint density at radius 3 is 2.73 bits per heavy atom. The van der Waals surface area contributed by atoms with Gasteiger partial charge >= 0.3 is 0 Å². The smallest absolute Gasteiger partial charge is 0.0830 e. The van der Waals surface area contributed by atoms with Gasteiger partial charge in [-0.3, -0.25) is 0 Å². The molecular formula is C12H18BrNO. The van der Waals surface area contributed by atoms with Gasteiger partial charge in [0, 0.05) is 10.4 Å². The van der Waals surface area contributed by atoms with Crippen molar-refractivity contribution in [1.82, 2.24) is 0 Å². The molecule has 2 nitrogen and oxygen atoms in total. The van der Waals surface area contributed by atoms with Crippen molar-refractivity contribution in [3.63, 3.8) is 0 Å². The Balaban J connectivity index is 2.77. The molecule has 2 unspecified atom stereocenters. The van der Waals surface area contributed by atoms with Crippen molar-refractivity contribution in [3.05, 3.63) is 34.3 Å². The van der Waals surface area contributed by atoms with Crippen molar-refractivity contribution in [3.8, 4) is 0 Å². The first-order valence-corrected chi connectivity index (χ1v) is 6.12. The van der Waals surface area contributed by atoms with Gasteiger partial charge in [-0.2, -0.15) is 0 Å². The molecule has 0 heterocycles. The summed E-state index contributed by atoms with van der Waals surface area (Å²) in [5.41, 5.74) is 6.60. The molecule has 3 heteroatoms. The van der Waals surface area contributed by atoms with Gasteiger partial charge in [0.2, 0.25) is 0 Å². The lowest BCUT2D eigenvalue weighted by Gasteiger charge is -2.21. The van der Waals surface area contributed by atoms with Crippen molar-refractivity contribution < 1.29 is 5.11 Å². The van der Waals surface area contributed by atoms with Gasteiger partial charge in [0.25, 0.3) is 0 Å². The van der Waals surface area contributed by atoms with Crippen LogP contribution in [0.1, 0.15) is 31.4 Å². The zero-order chi connectivity index (χ0) is 11.3. The summed E-state index contributed by atoms with van der Waals surface area (Å²) < 4.78 is 0.992. The summed E-state index contributed by atoms with van der Waals surface area (Å²) in [6, 6.07) is 7.77. The molecule has 0 saturated carbocycles. The molecule has 0 bridgehead atoms. The van der Waals surface area contributed by atoms with Crippen molar-refractivity contribution in [2.75, 3.05) is 6.54 Å². The average Bonchev–Trinajstić information content (AvgIpc) is 2.25. The maximum absolute atomic E-state index is 10.1. The lowest BCUT2D eigenvalue weighted by atomic mass is 9.92. The Morgan fingerprint density at radius 1 is 1.47 bits per heavy atom. The van der Waals surface area contributed by atoms with E-state index >= 15 is 0 Å². The minimum absolute atomic E-state index is 0.157. The topological polar surface area (TPSA) is 46.2 Å². The molecule has 1 aromatic carbocycles. The number of benzene rings is 1. The fourth-order valence-corrected chi connectivity index (χ4v) is 2.16. The number of hydrogen-bond donors (Lipinski definition) is 2. The lowest BCUT2D eigenvalue weighted by Crippen LogP contribution is -2.21. The van der Waals surface area contributed by atoms with Gasteiger partial charge in [0.05, 0.1) is 6.10 Å². The molecule has 1 aromatic rings. The molecular weight excluding hydrogens is 254 g/mol. The molecule has 0 spiro atoms. The zero-order valence-electron chi connectivity index (χ0n) is 8.99. The quantitative estimate of drug-likeness (QED) is 0.865. The van der Waals surface area contributed by atoms with Crippen LogP contribution in [0.5, 0.6) is 0 Å². The van der Waals surface area contributed by atoms with Crippen LogP contribution < -0.4 is 5.73 Å². The predicted molar refractivity (Wildman–Crippen MR) is 66.6 cm³/mol. The minimum Gasteiger partial charge on any atom is -0.388 e. The van der Waals surface area contributed by atoms with Crippen molar-refractivity contribution in [2.45, 2.75) is 25.9 Å². The van der Waals surface area contributed by atoms with Gasteiger partial charge < -0.3 is 10.8 Å². The van der Waals surface area contributed by atoms with Crippen LogP contribution in [0.2, 0.25) is 0 Å². The van der Waals surface area contributed by atoms with Crippen molar-refractivity contribution >= 4 is 15.9 Å². The largest absolute Gasteiger partial charge is 0.388 e. The Kier molecular flexibility index (Phi) is 5.29. The summed E-state index contributed by atoms with van der Waals surface area (Å²) in [5, 5.41) is 10.1. The molecule has 1 rings (SSSR count). The summed E-state index contributed by atoms with van der Waals surface area (Å²) >= 11 is 3.40. The Morgan fingerprint density at radius 2 is 2.20 bits per heavy atom. The summed E-state index contributed by atoms with van der Waals surface area (Å²) in [4.78, 5) is 0. The van der Waals surface area contributed by atoms with Gasteiger partial charge in [-0.05, 0) is 30.7 Å². The summed E-state index contributed by atoms with van der Waals surface area (Å²) in [6.07, 6.45) is 1.56. The summed E-state index contributed by atoms with van der Waals surface area (Å²) in [6.45, 7) is 2.64. The van der Waals surface area contributed by atoms with Crippen molar-refractivity contribution in [1.29, 1.82) is 0 Å². The Bertz CT molecular complexity index is 303. The van der Waals surface area contributed by atoms with Crippen LogP contribution in [-0.4, -0.2) is 11.7 Å². The molecule has 0 saturated heterocycles. The molecule has 0 amide bonds. The fourth-order valence-electron chi connectivity index (χ4n) is 1.74. The van der Waals surface area contributed by atoms with E-state index in [1.165, 1.54) is 0 Å². The number of aliphatic hydroxyl groups excluding tert-OH is 1. The summed E-state index contributed by atoms with van der Waals surface area (Å²) in [5.74, 6) is 0.157. The summed E-state index contributed by atoms with van der Waals surface area (Å²) in [7, 11) is 0. The number of rotatable bonds is 5. The first kappa shape index (κ1) is 12.7. The molecule has 0 aliphatic heterocycles. The molecule has 2 atom stereocenters. The van der Waals surface area contributed by atoms with E-state index in [-0.39, 0.29) is 5.92 Å². The van der Waals surface area contributed by atoms with Gasteiger partial charge in [-0.15, -0.1) is 0 Å². The molecule has 0 radical (unpaired) electrons. The van der Waals surface area contributed by atoms with Crippen LogP contribution in [0.25, 0.3) is 0 Å². The second-order valence-electron chi connectivity index (χ2n) is 3.78. The Labute approximate surface area is 99.6 Å². The van der Waals surface area contributed by atoms with Crippen LogP contribution >= 0.6 is 15.9 Å². The third-order valence-corrected chi connectivity index (χ3v) is 3.09. The van der Waals surface area contributed by atoms with Gasteiger partial charge in [-0.1, -0.05) is 41.4 Å². The lowest BCUT2D eigenvalue weighted by molar-refractivity contribution is 0.107. The fraction of sp³-hybridized carbons (Fsp3) is 0.500. The van der Waals surface area contributed by atoms with E-state index in [4.69, 9.17) is 5.73 Å². The SMILES string of the molecule is CCCC(CN)C(O)c1cccc(Br)c1. The average molecular weight is 272 g/mol. The van der Waals surface area contributed by atoms with E-state index in [9.17, 15) is 5.11 Å². The van der Waals surface area contributed by atoms with E-state index in [0.717, 1.165) is 22.9 Å². The molecule has 15 heavy (non-hydrogen) atoms.